The summed E-state index contributed by atoms with van der Waals surface area (Å²) in [5, 5.41) is 0. The smallest absolute Gasteiger partial charge is 0.254 e. The van der Waals surface area contributed by atoms with Crippen molar-refractivity contribution in [3.05, 3.63) is 77.4 Å². The summed E-state index contributed by atoms with van der Waals surface area (Å²) in [6.07, 6.45) is 2.41. The molecule has 1 aliphatic rings. The van der Waals surface area contributed by atoms with Gasteiger partial charge in [0.1, 0.15) is 23.7 Å². The molecule has 1 atom stereocenters. The average molecular weight is 435 g/mol. The fraction of sp³-hybridized carbons (Fsp3) is 0.320. The minimum atomic E-state index is -0.305. The van der Waals surface area contributed by atoms with Crippen molar-refractivity contribution in [1.29, 1.82) is 0 Å². The van der Waals surface area contributed by atoms with Gasteiger partial charge in [-0.1, -0.05) is 19.1 Å². The van der Waals surface area contributed by atoms with Crippen molar-refractivity contribution < 1.29 is 13.9 Å². The number of amides is 1. The number of benzene rings is 2. The number of carbonyl (C=O) groups is 1. The summed E-state index contributed by atoms with van der Waals surface area (Å²) in [5.41, 5.74) is 2.63. The lowest BCUT2D eigenvalue weighted by molar-refractivity contribution is 0.0673. The van der Waals surface area contributed by atoms with Crippen molar-refractivity contribution in [2.45, 2.75) is 33.2 Å². The SMILES string of the molecule is CCc1ccc(C(=O)N2CCN(c3cc(Oc4ccc(F)cc4C)ncn3)C[C@H]2C)cc1. The predicted molar refractivity (Wildman–Crippen MR) is 122 cm³/mol. The van der Waals surface area contributed by atoms with Gasteiger partial charge < -0.3 is 14.5 Å². The monoisotopic (exact) mass is 434 g/mol. The summed E-state index contributed by atoms with van der Waals surface area (Å²) in [7, 11) is 0. The van der Waals surface area contributed by atoms with Gasteiger partial charge in [-0.3, -0.25) is 4.79 Å². The van der Waals surface area contributed by atoms with E-state index in [1.807, 2.05) is 36.1 Å². The normalized spacial score (nSPS) is 16.2. The van der Waals surface area contributed by atoms with E-state index in [0.717, 1.165) is 17.8 Å². The first-order chi connectivity index (χ1) is 15.4. The van der Waals surface area contributed by atoms with E-state index < -0.39 is 0 Å². The maximum atomic E-state index is 13.3. The Morgan fingerprint density at radius 3 is 2.59 bits per heavy atom. The molecule has 0 bridgehead atoms. The van der Waals surface area contributed by atoms with Gasteiger partial charge >= 0.3 is 0 Å². The molecule has 7 heteroatoms. The molecular weight excluding hydrogens is 407 g/mol. The van der Waals surface area contributed by atoms with Gasteiger partial charge in [-0.15, -0.1) is 0 Å². The first-order valence-electron chi connectivity index (χ1n) is 10.9. The molecule has 166 valence electrons. The van der Waals surface area contributed by atoms with Gasteiger partial charge in [0.15, 0.2) is 0 Å². The van der Waals surface area contributed by atoms with E-state index >= 15 is 0 Å². The molecule has 1 fully saturated rings. The third kappa shape index (κ3) is 4.72. The molecule has 4 rings (SSSR count). The minimum absolute atomic E-state index is 0.0285. The van der Waals surface area contributed by atoms with Crippen LogP contribution in [0.3, 0.4) is 0 Å². The molecule has 0 aliphatic carbocycles. The van der Waals surface area contributed by atoms with E-state index in [4.69, 9.17) is 4.74 Å². The van der Waals surface area contributed by atoms with Crippen LogP contribution < -0.4 is 9.64 Å². The van der Waals surface area contributed by atoms with Crippen LogP contribution >= 0.6 is 0 Å². The Hall–Kier alpha value is -3.48. The van der Waals surface area contributed by atoms with Gasteiger partial charge in [0.25, 0.3) is 5.91 Å². The Balaban J connectivity index is 1.43. The standard InChI is InChI=1S/C25H27FN4O2/c1-4-19-5-7-20(8-6-19)25(31)30-12-11-29(15-18(30)3)23-14-24(28-16-27-23)32-22-10-9-21(26)13-17(22)2/h5-10,13-14,16,18H,4,11-12,15H2,1-3H3/t18-/m1/s1. The number of nitrogens with zero attached hydrogens (tertiary/aromatic N) is 4. The summed E-state index contributed by atoms with van der Waals surface area (Å²) >= 11 is 0. The van der Waals surface area contributed by atoms with Crippen LogP contribution in [0.1, 0.15) is 35.3 Å². The van der Waals surface area contributed by atoms with E-state index in [2.05, 4.69) is 21.8 Å². The second-order valence-electron chi connectivity index (χ2n) is 8.07. The second kappa shape index (κ2) is 9.34. The molecule has 6 nitrogen and oxygen atoms in total. The third-order valence-corrected chi connectivity index (χ3v) is 5.80. The lowest BCUT2D eigenvalue weighted by Gasteiger charge is -2.40. The molecule has 0 saturated carbocycles. The van der Waals surface area contributed by atoms with Gasteiger partial charge in [-0.25, -0.2) is 14.4 Å². The Morgan fingerprint density at radius 1 is 1.12 bits per heavy atom. The molecule has 2 aromatic carbocycles. The number of carbonyl (C=O) groups excluding carboxylic acids is 1. The highest BCUT2D eigenvalue weighted by molar-refractivity contribution is 5.94. The van der Waals surface area contributed by atoms with Gasteiger partial charge in [0.2, 0.25) is 5.88 Å². The Labute approximate surface area is 187 Å². The quantitative estimate of drug-likeness (QED) is 0.586. The van der Waals surface area contributed by atoms with Crippen LogP contribution in [-0.4, -0.2) is 46.5 Å². The van der Waals surface area contributed by atoms with Gasteiger partial charge in [0, 0.05) is 37.3 Å². The zero-order valence-electron chi connectivity index (χ0n) is 18.6. The third-order valence-electron chi connectivity index (χ3n) is 5.80. The summed E-state index contributed by atoms with van der Waals surface area (Å²) in [6, 6.07) is 14.0. The molecule has 1 saturated heterocycles. The molecule has 1 amide bonds. The molecule has 2 heterocycles. The number of anilines is 1. The van der Waals surface area contributed by atoms with Crippen molar-refractivity contribution in [2.24, 2.45) is 0 Å². The number of hydrogen-bond acceptors (Lipinski definition) is 5. The molecule has 0 N–H and O–H groups in total. The largest absolute Gasteiger partial charge is 0.439 e. The van der Waals surface area contributed by atoms with E-state index in [1.165, 1.54) is 24.0 Å². The molecule has 1 aliphatic heterocycles. The van der Waals surface area contributed by atoms with Crippen LogP contribution in [0.4, 0.5) is 10.2 Å². The van der Waals surface area contributed by atoms with Crippen LogP contribution in [0, 0.1) is 12.7 Å². The van der Waals surface area contributed by atoms with Gasteiger partial charge in [-0.05, 0) is 61.7 Å². The predicted octanol–water partition coefficient (Wildman–Crippen LogP) is 4.63. The maximum Gasteiger partial charge on any atom is 0.254 e. The van der Waals surface area contributed by atoms with Crippen molar-refractivity contribution in [2.75, 3.05) is 24.5 Å². The number of piperazine rings is 1. The highest BCUT2D eigenvalue weighted by Gasteiger charge is 2.29. The minimum Gasteiger partial charge on any atom is -0.439 e. The van der Waals surface area contributed by atoms with Crippen LogP contribution in [-0.2, 0) is 6.42 Å². The van der Waals surface area contributed by atoms with Gasteiger partial charge in [0.05, 0.1) is 0 Å². The van der Waals surface area contributed by atoms with E-state index in [-0.39, 0.29) is 17.8 Å². The molecule has 3 aromatic rings. The zero-order valence-corrected chi connectivity index (χ0v) is 18.6. The Kier molecular flexibility index (Phi) is 6.35. The average Bonchev–Trinajstić information content (AvgIpc) is 2.81. The van der Waals surface area contributed by atoms with Gasteiger partial charge in [-0.2, -0.15) is 0 Å². The van der Waals surface area contributed by atoms with Crippen LogP contribution in [0.5, 0.6) is 11.6 Å². The van der Waals surface area contributed by atoms with E-state index in [9.17, 15) is 9.18 Å². The summed E-state index contributed by atoms with van der Waals surface area (Å²) in [6.45, 7) is 7.86. The molecule has 32 heavy (non-hydrogen) atoms. The second-order valence-corrected chi connectivity index (χ2v) is 8.07. The number of hydrogen-bond donors (Lipinski definition) is 0. The number of halogens is 1. The molecule has 0 radical (unpaired) electrons. The molecule has 0 unspecified atom stereocenters. The lowest BCUT2D eigenvalue weighted by atomic mass is 10.1. The van der Waals surface area contributed by atoms with Crippen molar-refractivity contribution in [3.63, 3.8) is 0 Å². The molecular formula is C25H27FN4O2. The van der Waals surface area contributed by atoms with Crippen molar-refractivity contribution >= 4 is 11.7 Å². The topological polar surface area (TPSA) is 58.6 Å². The number of aryl methyl sites for hydroxylation is 2. The Morgan fingerprint density at radius 2 is 1.91 bits per heavy atom. The van der Waals surface area contributed by atoms with E-state index in [1.54, 1.807) is 19.1 Å². The number of aromatic nitrogens is 2. The molecule has 0 spiro atoms. The highest BCUT2D eigenvalue weighted by Crippen LogP contribution is 2.27. The Bertz CT molecular complexity index is 1100. The number of ether oxygens (including phenoxy) is 1. The van der Waals surface area contributed by atoms with E-state index in [0.29, 0.717) is 36.8 Å². The van der Waals surface area contributed by atoms with Crippen LogP contribution in [0.2, 0.25) is 0 Å². The first kappa shape index (κ1) is 21.7. The van der Waals surface area contributed by atoms with Crippen LogP contribution in [0.15, 0.2) is 54.9 Å². The molecule has 1 aromatic heterocycles. The fourth-order valence-corrected chi connectivity index (χ4v) is 3.91. The zero-order chi connectivity index (χ0) is 22.7. The van der Waals surface area contributed by atoms with Crippen molar-refractivity contribution in [1.82, 2.24) is 14.9 Å². The highest BCUT2D eigenvalue weighted by atomic mass is 19.1. The summed E-state index contributed by atoms with van der Waals surface area (Å²) in [4.78, 5) is 25.6. The van der Waals surface area contributed by atoms with Crippen molar-refractivity contribution in [3.8, 4) is 11.6 Å². The maximum absolute atomic E-state index is 13.3. The number of rotatable bonds is 5. The van der Waals surface area contributed by atoms with Crippen LogP contribution in [0.25, 0.3) is 0 Å². The first-order valence-corrected chi connectivity index (χ1v) is 10.9. The summed E-state index contributed by atoms with van der Waals surface area (Å²) < 4.78 is 19.2. The summed E-state index contributed by atoms with van der Waals surface area (Å²) in [5.74, 6) is 1.43. The lowest BCUT2D eigenvalue weighted by Crippen LogP contribution is -2.54. The fourth-order valence-electron chi connectivity index (χ4n) is 3.91.